The van der Waals surface area contributed by atoms with Gasteiger partial charge in [0.05, 0.1) is 16.7 Å². The van der Waals surface area contributed by atoms with E-state index in [0.29, 0.717) is 10.6 Å². The van der Waals surface area contributed by atoms with Crippen LogP contribution in [0.5, 0.6) is 0 Å². The third kappa shape index (κ3) is 4.82. The maximum atomic E-state index is 9.72. The molecule has 1 aromatic rings. The molecule has 0 aliphatic rings. The molecule has 1 aromatic carbocycles. The average molecular weight is 339 g/mol. The van der Waals surface area contributed by atoms with Crippen molar-refractivity contribution in [3.63, 3.8) is 0 Å². The molecule has 0 bridgehead atoms. The van der Waals surface area contributed by atoms with Crippen molar-refractivity contribution in [2.45, 2.75) is 24.4 Å². The van der Waals surface area contributed by atoms with Crippen LogP contribution in [0.25, 0.3) is 6.08 Å². The van der Waals surface area contributed by atoms with Gasteiger partial charge in [0.1, 0.15) is 30.2 Å². The van der Waals surface area contributed by atoms with Crippen molar-refractivity contribution in [2.75, 3.05) is 6.61 Å². The highest BCUT2D eigenvalue weighted by Gasteiger charge is 2.32. The maximum absolute atomic E-state index is 9.72. The standard InChI is InChI=1S/C13H16Cl2O6/c14-7-2-1-6(3-8(7)15)4-9(17)11(19)13(21)12(20)10(18)5-16/h1-4,10-13,16-21H,5H2/t10-,11+,12-,13-/m1/s1. The van der Waals surface area contributed by atoms with Gasteiger partial charge < -0.3 is 30.6 Å². The molecule has 6 nitrogen and oxygen atoms in total. The van der Waals surface area contributed by atoms with Gasteiger partial charge in [0.25, 0.3) is 0 Å². The van der Waals surface area contributed by atoms with Gasteiger partial charge in [-0.15, -0.1) is 0 Å². The number of halogens is 2. The summed E-state index contributed by atoms with van der Waals surface area (Å²) in [5.41, 5.74) is 0.408. The Labute approximate surface area is 131 Å². The molecule has 0 saturated carbocycles. The molecule has 0 aliphatic carbocycles. The molecular formula is C13H16Cl2O6. The van der Waals surface area contributed by atoms with E-state index in [1.807, 2.05) is 0 Å². The van der Waals surface area contributed by atoms with Crippen LogP contribution in [-0.2, 0) is 0 Å². The van der Waals surface area contributed by atoms with Crippen LogP contribution in [0.4, 0.5) is 0 Å². The second kappa shape index (κ2) is 7.95. The highest BCUT2D eigenvalue weighted by atomic mass is 35.5. The topological polar surface area (TPSA) is 121 Å². The van der Waals surface area contributed by atoms with Crippen LogP contribution in [0.1, 0.15) is 5.56 Å². The normalized spacial score (nSPS) is 18.1. The summed E-state index contributed by atoms with van der Waals surface area (Å²) in [6.45, 7) is -0.803. The van der Waals surface area contributed by atoms with Crippen molar-refractivity contribution in [3.8, 4) is 0 Å². The predicted molar refractivity (Wildman–Crippen MR) is 78.2 cm³/mol. The second-order valence-electron chi connectivity index (χ2n) is 4.42. The fourth-order valence-electron chi connectivity index (χ4n) is 1.56. The van der Waals surface area contributed by atoms with Gasteiger partial charge in [-0.25, -0.2) is 0 Å². The van der Waals surface area contributed by atoms with Gasteiger partial charge >= 0.3 is 0 Å². The van der Waals surface area contributed by atoms with Crippen LogP contribution in [0.3, 0.4) is 0 Å². The summed E-state index contributed by atoms with van der Waals surface area (Å²) in [7, 11) is 0. The van der Waals surface area contributed by atoms with E-state index in [9.17, 15) is 25.5 Å². The maximum Gasteiger partial charge on any atom is 0.139 e. The van der Waals surface area contributed by atoms with Gasteiger partial charge in [-0.05, 0) is 23.8 Å². The molecule has 0 spiro atoms. The number of rotatable bonds is 6. The molecule has 0 amide bonds. The highest BCUT2D eigenvalue weighted by molar-refractivity contribution is 6.42. The number of hydrogen-bond acceptors (Lipinski definition) is 6. The summed E-state index contributed by atoms with van der Waals surface area (Å²) in [6.07, 6.45) is -6.09. The van der Waals surface area contributed by atoms with E-state index in [-0.39, 0.29) is 5.02 Å². The molecular weight excluding hydrogens is 323 g/mol. The summed E-state index contributed by atoms with van der Waals surface area (Å²) >= 11 is 11.5. The zero-order chi connectivity index (χ0) is 16.2. The van der Waals surface area contributed by atoms with Crippen molar-refractivity contribution in [1.82, 2.24) is 0 Å². The summed E-state index contributed by atoms with van der Waals surface area (Å²) in [5, 5.41) is 56.9. The minimum Gasteiger partial charge on any atom is -0.509 e. The van der Waals surface area contributed by atoms with Crippen LogP contribution >= 0.6 is 23.2 Å². The molecule has 0 fully saturated rings. The van der Waals surface area contributed by atoms with Crippen molar-refractivity contribution in [3.05, 3.63) is 39.6 Å². The van der Waals surface area contributed by atoms with Crippen molar-refractivity contribution in [1.29, 1.82) is 0 Å². The Balaban J connectivity index is 2.87. The molecule has 21 heavy (non-hydrogen) atoms. The largest absolute Gasteiger partial charge is 0.509 e. The third-order valence-electron chi connectivity index (χ3n) is 2.82. The van der Waals surface area contributed by atoms with Crippen LogP contribution in [-0.4, -0.2) is 61.7 Å². The molecule has 0 aromatic heterocycles. The molecule has 0 heterocycles. The fraction of sp³-hybridized carbons (Fsp3) is 0.385. The van der Waals surface area contributed by atoms with Crippen LogP contribution in [0.2, 0.25) is 10.0 Å². The quantitative estimate of drug-likeness (QED) is 0.416. The minimum atomic E-state index is -1.88. The fourth-order valence-corrected chi connectivity index (χ4v) is 1.86. The Bertz CT molecular complexity index is 507. The molecule has 1 rings (SSSR count). The first kappa shape index (κ1) is 18.2. The Morgan fingerprint density at radius 2 is 1.67 bits per heavy atom. The number of hydrogen-bond donors (Lipinski definition) is 6. The van der Waals surface area contributed by atoms with Gasteiger partial charge in [0, 0.05) is 0 Å². The first-order chi connectivity index (χ1) is 9.77. The SMILES string of the molecule is OC[C@@H](O)[C@@H](O)[C@H](O)[C@@H](O)C(O)=Cc1ccc(Cl)c(Cl)c1. The summed E-state index contributed by atoms with van der Waals surface area (Å²) in [5.74, 6) is -0.648. The summed E-state index contributed by atoms with van der Waals surface area (Å²) in [4.78, 5) is 0. The van der Waals surface area contributed by atoms with E-state index in [2.05, 4.69) is 0 Å². The Hall–Kier alpha value is -0.860. The lowest BCUT2D eigenvalue weighted by molar-refractivity contribution is -0.112. The van der Waals surface area contributed by atoms with Gasteiger partial charge in [0.2, 0.25) is 0 Å². The van der Waals surface area contributed by atoms with Gasteiger partial charge in [-0.1, -0.05) is 29.3 Å². The van der Waals surface area contributed by atoms with Crippen LogP contribution in [0, 0.1) is 0 Å². The van der Waals surface area contributed by atoms with Crippen molar-refractivity contribution in [2.24, 2.45) is 0 Å². The summed E-state index contributed by atoms with van der Waals surface area (Å²) < 4.78 is 0. The molecule has 0 radical (unpaired) electrons. The number of benzene rings is 1. The highest BCUT2D eigenvalue weighted by Crippen LogP contribution is 2.24. The van der Waals surface area contributed by atoms with E-state index in [1.165, 1.54) is 18.2 Å². The van der Waals surface area contributed by atoms with Crippen LogP contribution in [0.15, 0.2) is 24.0 Å². The van der Waals surface area contributed by atoms with Crippen molar-refractivity contribution < 1.29 is 30.6 Å². The molecule has 4 atom stereocenters. The van der Waals surface area contributed by atoms with Crippen molar-refractivity contribution >= 4 is 29.3 Å². The number of aliphatic hydroxyl groups is 6. The molecule has 118 valence electrons. The van der Waals surface area contributed by atoms with Crippen LogP contribution < -0.4 is 0 Å². The van der Waals surface area contributed by atoms with E-state index in [1.54, 1.807) is 0 Å². The lowest BCUT2D eigenvalue weighted by Crippen LogP contribution is -2.46. The minimum absolute atomic E-state index is 0.240. The lowest BCUT2D eigenvalue weighted by atomic mass is 10.0. The second-order valence-corrected chi connectivity index (χ2v) is 5.23. The van der Waals surface area contributed by atoms with E-state index in [0.717, 1.165) is 6.08 Å². The Morgan fingerprint density at radius 1 is 1.05 bits per heavy atom. The predicted octanol–water partition coefficient (Wildman–Crippen LogP) is 0.328. The first-order valence-electron chi connectivity index (χ1n) is 5.96. The Kier molecular flexibility index (Phi) is 6.89. The van der Waals surface area contributed by atoms with Gasteiger partial charge in [-0.3, -0.25) is 0 Å². The van der Waals surface area contributed by atoms with Gasteiger partial charge in [0.15, 0.2) is 0 Å². The lowest BCUT2D eigenvalue weighted by Gasteiger charge is -2.25. The van der Waals surface area contributed by atoms with E-state index in [4.69, 9.17) is 28.3 Å². The summed E-state index contributed by atoms with van der Waals surface area (Å²) in [6, 6.07) is 4.43. The molecule has 0 aliphatic heterocycles. The Morgan fingerprint density at radius 3 is 2.19 bits per heavy atom. The third-order valence-corrected chi connectivity index (χ3v) is 3.55. The molecule has 0 saturated heterocycles. The van der Waals surface area contributed by atoms with E-state index >= 15 is 0 Å². The molecule has 0 unspecified atom stereocenters. The zero-order valence-corrected chi connectivity index (χ0v) is 12.3. The molecule has 6 N–H and O–H groups in total. The monoisotopic (exact) mass is 338 g/mol. The average Bonchev–Trinajstić information content (AvgIpc) is 2.47. The van der Waals surface area contributed by atoms with Gasteiger partial charge in [-0.2, -0.15) is 0 Å². The smallest absolute Gasteiger partial charge is 0.139 e. The van der Waals surface area contributed by atoms with E-state index < -0.39 is 36.8 Å². The number of aliphatic hydroxyl groups excluding tert-OH is 6. The zero-order valence-electron chi connectivity index (χ0n) is 10.8. The first-order valence-corrected chi connectivity index (χ1v) is 6.72. The molecule has 8 heteroatoms.